The van der Waals surface area contributed by atoms with Gasteiger partial charge < -0.3 is 19.7 Å². The molecule has 3 atom stereocenters. The molecule has 0 amide bonds. The molecule has 0 aromatic carbocycles. The molecule has 1 aliphatic rings. The topological polar surface area (TPSA) is 58.9 Å². The van der Waals surface area contributed by atoms with Crippen molar-refractivity contribution >= 4 is 0 Å². The van der Waals surface area contributed by atoms with Crippen LogP contribution in [0.2, 0.25) is 0 Å². The summed E-state index contributed by atoms with van der Waals surface area (Å²) in [6.07, 6.45) is 0.438. The molecule has 0 bridgehead atoms. The van der Waals surface area contributed by atoms with Crippen LogP contribution in [0.3, 0.4) is 0 Å². The lowest BCUT2D eigenvalue weighted by Gasteiger charge is -2.20. The lowest BCUT2D eigenvalue weighted by Crippen LogP contribution is -2.37. The van der Waals surface area contributed by atoms with Gasteiger partial charge in [0.1, 0.15) is 12.2 Å². The van der Waals surface area contributed by atoms with Crippen LogP contribution in [0.25, 0.3) is 0 Å². The third-order valence-electron chi connectivity index (χ3n) is 2.19. The van der Waals surface area contributed by atoms with Crippen LogP contribution in [0.5, 0.6) is 0 Å². The van der Waals surface area contributed by atoms with Crippen molar-refractivity contribution in [3.63, 3.8) is 0 Å². The average molecular weight is 202 g/mol. The Balaban J connectivity index is 2.63. The van der Waals surface area contributed by atoms with Gasteiger partial charge in [0.15, 0.2) is 5.79 Å². The Hall–Kier alpha value is -0.420. The maximum absolute atomic E-state index is 9.70. The zero-order chi connectivity index (χ0) is 10.8. The molecule has 1 saturated heterocycles. The first-order chi connectivity index (χ1) is 6.50. The van der Waals surface area contributed by atoms with Crippen LogP contribution in [0.1, 0.15) is 20.3 Å². The SMILES string of the molecule is C=CCC(O)C1OC(C)(C)OC1CO. The van der Waals surface area contributed by atoms with Crippen LogP contribution in [0, 0.1) is 0 Å². The Kier molecular flexibility index (Phi) is 3.66. The third-order valence-corrected chi connectivity index (χ3v) is 2.19. The first kappa shape index (κ1) is 11.7. The number of aliphatic hydroxyl groups is 2. The number of ether oxygens (including phenoxy) is 2. The number of hydrogen-bond donors (Lipinski definition) is 2. The molecule has 0 aromatic heterocycles. The lowest BCUT2D eigenvalue weighted by molar-refractivity contribution is -0.156. The van der Waals surface area contributed by atoms with Gasteiger partial charge in [0.25, 0.3) is 0 Å². The predicted octanol–water partition coefficient (Wildman–Crippen LogP) is 0.436. The van der Waals surface area contributed by atoms with E-state index in [4.69, 9.17) is 14.6 Å². The highest BCUT2D eigenvalue weighted by Crippen LogP contribution is 2.30. The normalized spacial score (nSPS) is 32.9. The minimum atomic E-state index is -0.736. The van der Waals surface area contributed by atoms with Gasteiger partial charge in [-0.2, -0.15) is 0 Å². The van der Waals surface area contributed by atoms with Gasteiger partial charge in [-0.05, 0) is 20.3 Å². The average Bonchev–Trinajstić information content (AvgIpc) is 2.41. The summed E-state index contributed by atoms with van der Waals surface area (Å²) in [5.74, 6) is -0.736. The summed E-state index contributed by atoms with van der Waals surface area (Å²) in [6.45, 7) is 6.91. The molecule has 0 saturated carbocycles. The molecule has 0 spiro atoms. The first-order valence-electron chi connectivity index (χ1n) is 4.75. The van der Waals surface area contributed by atoms with Crippen molar-refractivity contribution in [3.8, 4) is 0 Å². The minimum absolute atomic E-state index is 0.150. The van der Waals surface area contributed by atoms with Crippen LogP contribution < -0.4 is 0 Å². The van der Waals surface area contributed by atoms with E-state index in [0.717, 1.165) is 0 Å². The van der Waals surface area contributed by atoms with E-state index in [9.17, 15) is 5.11 Å². The van der Waals surface area contributed by atoms with E-state index in [-0.39, 0.29) is 6.61 Å². The van der Waals surface area contributed by atoms with Crippen molar-refractivity contribution in [1.82, 2.24) is 0 Å². The largest absolute Gasteiger partial charge is 0.394 e. The number of hydrogen-bond acceptors (Lipinski definition) is 4. The predicted molar refractivity (Wildman–Crippen MR) is 51.7 cm³/mol. The molecule has 2 N–H and O–H groups in total. The second kappa shape index (κ2) is 4.40. The molecule has 0 radical (unpaired) electrons. The zero-order valence-corrected chi connectivity index (χ0v) is 8.64. The Morgan fingerprint density at radius 2 is 2.14 bits per heavy atom. The highest BCUT2D eigenvalue weighted by atomic mass is 16.8. The number of rotatable bonds is 4. The molecule has 4 nitrogen and oxygen atoms in total. The molecule has 1 rings (SSSR count). The van der Waals surface area contributed by atoms with Crippen molar-refractivity contribution in [2.75, 3.05) is 6.61 Å². The van der Waals surface area contributed by atoms with Gasteiger partial charge in [0.05, 0.1) is 12.7 Å². The van der Waals surface area contributed by atoms with E-state index in [1.165, 1.54) is 0 Å². The monoisotopic (exact) mass is 202 g/mol. The molecule has 0 aliphatic carbocycles. The standard InChI is InChI=1S/C10H18O4/c1-4-5-7(12)9-8(6-11)13-10(2,3)14-9/h4,7-9,11-12H,1,5-6H2,2-3H3. The van der Waals surface area contributed by atoms with Gasteiger partial charge in [0, 0.05) is 0 Å². The maximum atomic E-state index is 9.70. The van der Waals surface area contributed by atoms with Crippen LogP contribution in [-0.2, 0) is 9.47 Å². The Labute approximate surface area is 84.1 Å². The summed E-state index contributed by atoms with van der Waals surface area (Å²) < 4.78 is 10.9. The van der Waals surface area contributed by atoms with Gasteiger partial charge in [0.2, 0.25) is 0 Å². The van der Waals surface area contributed by atoms with Gasteiger partial charge >= 0.3 is 0 Å². The van der Waals surface area contributed by atoms with Gasteiger partial charge in [-0.3, -0.25) is 0 Å². The Morgan fingerprint density at radius 1 is 1.50 bits per heavy atom. The molecular weight excluding hydrogens is 184 g/mol. The fraction of sp³-hybridized carbons (Fsp3) is 0.800. The van der Waals surface area contributed by atoms with Crippen LogP contribution in [-0.4, -0.2) is 40.9 Å². The quantitative estimate of drug-likeness (QED) is 0.649. The highest BCUT2D eigenvalue weighted by molar-refractivity contribution is 4.89. The molecule has 0 aromatic rings. The van der Waals surface area contributed by atoms with Crippen molar-refractivity contribution < 1.29 is 19.7 Å². The third kappa shape index (κ3) is 2.54. The smallest absolute Gasteiger partial charge is 0.164 e. The fourth-order valence-corrected chi connectivity index (χ4v) is 1.64. The summed E-state index contributed by atoms with van der Waals surface area (Å²) in [5, 5.41) is 18.7. The van der Waals surface area contributed by atoms with Gasteiger partial charge in [-0.1, -0.05) is 6.08 Å². The Morgan fingerprint density at radius 3 is 2.64 bits per heavy atom. The molecule has 82 valence electrons. The highest BCUT2D eigenvalue weighted by Gasteiger charge is 2.43. The van der Waals surface area contributed by atoms with E-state index in [2.05, 4.69) is 6.58 Å². The van der Waals surface area contributed by atoms with E-state index < -0.39 is 24.1 Å². The van der Waals surface area contributed by atoms with E-state index in [0.29, 0.717) is 6.42 Å². The van der Waals surface area contributed by atoms with E-state index >= 15 is 0 Å². The maximum Gasteiger partial charge on any atom is 0.164 e. The molecular formula is C10H18O4. The molecule has 3 unspecified atom stereocenters. The fourth-order valence-electron chi connectivity index (χ4n) is 1.64. The van der Waals surface area contributed by atoms with Crippen molar-refractivity contribution in [2.24, 2.45) is 0 Å². The molecule has 1 aliphatic heterocycles. The van der Waals surface area contributed by atoms with Crippen LogP contribution >= 0.6 is 0 Å². The van der Waals surface area contributed by atoms with Crippen molar-refractivity contribution in [2.45, 2.75) is 44.4 Å². The summed E-state index contributed by atoms with van der Waals surface area (Å²) in [6, 6.07) is 0. The first-order valence-corrected chi connectivity index (χ1v) is 4.75. The zero-order valence-electron chi connectivity index (χ0n) is 8.64. The van der Waals surface area contributed by atoms with E-state index in [1.54, 1.807) is 19.9 Å². The summed E-state index contributed by atoms with van der Waals surface area (Å²) in [7, 11) is 0. The van der Waals surface area contributed by atoms with Crippen molar-refractivity contribution in [3.05, 3.63) is 12.7 Å². The number of aliphatic hydroxyl groups excluding tert-OH is 2. The summed E-state index contributed by atoms with van der Waals surface area (Å²) in [5.41, 5.74) is 0. The Bertz CT molecular complexity index is 202. The van der Waals surface area contributed by atoms with Crippen molar-refractivity contribution in [1.29, 1.82) is 0 Å². The molecule has 1 fully saturated rings. The van der Waals surface area contributed by atoms with Gasteiger partial charge in [-0.25, -0.2) is 0 Å². The van der Waals surface area contributed by atoms with Crippen LogP contribution in [0.4, 0.5) is 0 Å². The van der Waals surface area contributed by atoms with E-state index in [1.807, 2.05) is 0 Å². The second-order valence-corrected chi connectivity index (χ2v) is 3.91. The van der Waals surface area contributed by atoms with Gasteiger partial charge in [-0.15, -0.1) is 6.58 Å². The molecule has 1 heterocycles. The minimum Gasteiger partial charge on any atom is -0.394 e. The summed E-state index contributed by atoms with van der Waals surface area (Å²) >= 11 is 0. The lowest BCUT2D eigenvalue weighted by atomic mass is 10.1. The summed E-state index contributed by atoms with van der Waals surface area (Å²) in [4.78, 5) is 0. The molecule has 4 heteroatoms. The van der Waals surface area contributed by atoms with Crippen LogP contribution in [0.15, 0.2) is 12.7 Å². The second-order valence-electron chi connectivity index (χ2n) is 3.91. The molecule has 14 heavy (non-hydrogen) atoms.